The minimum absolute atomic E-state index is 0.343. The summed E-state index contributed by atoms with van der Waals surface area (Å²) in [6, 6.07) is 10.2. The Kier molecular flexibility index (Phi) is 5.59. The van der Waals surface area contributed by atoms with Gasteiger partial charge in [-0.1, -0.05) is 18.2 Å². The van der Waals surface area contributed by atoms with Crippen molar-refractivity contribution in [2.75, 3.05) is 18.5 Å². The summed E-state index contributed by atoms with van der Waals surface area (Å²) in [7, 11) is 0. The van der Waals surface area contributed by atoms with Crippen LogP contribution in [-0.2, 0) is 11.3 Å². The Morgan fingerprint density at radius 2 is 2.10 bits per heavy atom. The number of rotatable bonds is 7. The van der Waals surface area contributed by atoms with E-state index < -0.39 is 6.10 Å². The first-order valence-corrected chi connectivity index (χ1v) is 7.63. The highest BCUT2D eigenvalue weighted by atomic mass is 32.1. The summed E-state index contributed by atoms with van der Waals surface area (Å²) < 4.78 is 5.50. The van der Waals surface area contributed by atoms with Crippen molar-refractivity contribution >= 4 is 17.0 Å². The predicted molar refractivity (Wildman–Crippen MR) is 84.4 cm³/mol. The molecular formula is C16H21NO2S. The molecule has 1 aromatic carbocycles. The second-order valence-electron chi connectivity index (χ2n) is 4.88. The summed E-state index contributed by atoms with van der Waals surface area (Å²) in [5.74, 6) is 0. The van der Waals surface area contributed by atoms with E-state index in [9.17, 15) is 5.11 Å². The number of aryl methyl sites for hydroxylation is 1. The van der Waals surface area contributed by atoms with E-state index in [0.717, 1.165) is 5.69 Å². The van der Waals surface area contributed by atoms with Crippen molar-refractivity contribution < 1.29 is 9.84 Å². The number of aliphatic hydroxyl groups excluding tert-OH is 1. The van der Waals surface area contributed by atoms with Crippen LogP contribution in [0, 0.1) is 13.8 Å². The SMILES string of the molecule is Cc1cccc(NCC(O)COCc2cccs2)c1C. The number of hydrogen-bond donors (Lipinski definition) is 2. The zero-order valence-electron chi connectivity index (χ0n) is 11.9. The monoisotopic (exact) mass is 291 g/mol. The molecule has 108 valence electrons. The number of thiophene rings is 1. The average Bonchev–Trinajstić information content (AvgIpc) is 2.94. The van der Waals surface area contributed by atoms with Gasteiger partial charge in [-0.25, -0.2) is 0 Å². The van der Waals surface area contributed by atoms with Crippen LogP contribution < -0.4 is 5.32 Å². The van der Waals surface area contributed by atoms with Crippen LogP contribution in [0.15, 0.2) is 35.7 Å². The number of nitrogens with one attached hydrogen (secondary N) is 1. The first kappa shape index (κ1) is 15.0. The molecule has 0 aliphatic rings. The smallest absolute Gasteiger partial charge is 0.0945 e. The van der Waals surface area contributed by atoms with Gasteiger partial charge in [0.2, 0.25) is 0 Å². The fourth-order valence-corrected chi connectivity index (χ4v) is 2.56. The van der Waals surface area contributed by atoms with Crippen LogP contribution in [0.1, 0.15) is 16.0 Å². The van der Waals surface area contributed by atoms with Crippen LogP contribution in [0.25, 0.3) is 0 Å². The molecule has 0 saturated heterocycles. The van der Waals surface area contributed by atoms with E-state index in [0.29, 0.717) is 19.8 Å². The van der Waals surface area contributed by atoms with E-state index in [4.69, 9.17) is 4.74 Å². The second kappa shape index (κ2) is 7.43. The van der Waals surface area contributed by atoms with Gasteiger partial charge in [0.25, 0.3) is 0 Å². The number of benzene rings is 1. The maximum atomic E-state index is 9.92. The summed E-state index contributed by atoms with van der Waals surface area (Å²) in [6.07, 6.45) is -0.505. The van der Waals surface area contributed by atoms with E-state index in [1.165, 1.54) is 16.0 Å². The molecule has 0 bridgehead atoms. The molecule has 2 N–H and O–H groups in total. The highest BCUT2D eigenvalue weighted by molar-refractivity contribution is 7.09. The normalized spacial score (nSPS) is 12.3. The second-order valence-corrected chi connectivity index (χ2v) is 5.91. The fraction of sp³-hybridized carbons (Fsp3) is 0.375. The van der Waals surface area contributed by atoms with Gasteiger partial charge < -0.3 is 15.2 Å². The third-order valence-electron chi connectivity index (χ3n) is 3.27. The van der Waals surface area contributed by atoms with Crippen molar-refractivity contribution in [2.24, 2.45) is 0 Å². The molecule has 1 heterocycles. The van der Waals surface area contributed by atoms with Gasteiger partial charge in [0.1, 0.15) is 0 Å². The number of anilines is 1. The number of aliphatic hydroxyl groups is 1. The molecule has 4 heteroatoms. The Balaban J connectivity index is 1.72. The minimum atomic E-state index is -0.505. The summed E-state index contributed by atoms with van der Waals surface area (Å²) in [6.45, 7) is 5.57. The molecule has 0 spiro atoms. The standard InChI is InChI=1S/C16H21NO2S/c1-12-5-3-7-16(13(12)2)17-9-14(18)10-19-11-15-6-4-8-20-15/h3-8,14,17-18H,9-11H2,1-2H3. The third-order valence-corrected chi connectivity index (χ3v) is 4.12. The van der Waals surface area contributed by atoms with Gasteiger partial charge >= 0.3 is 0 Å². The highest BCUT2D eigenvalue weighted by Gasteiger charge is 2.06. The molecule has 2 aromatic rings. The fourth-order valence-electron chi connectivity index (χ4n) is 1.92. The molecule has 3 nitrogen and oxygen atoms in total. The molecule has 0 radical (unpaired) electrons. The van der Waals surface area contributed by atoms with Crippen molar-refractivity contribution in [3.8, 4) is 0 Å². The van der Waals surface area contributed by atoms with E-state index >= 15 is 0 Å². The average molecular weight is 291 g/mol. The van der Waals surface area contributed by atoms with Crippen molar-refractivity contribution in [2.45, 2.75) is 26.6 Å². The molecule has 1 aromatic heterocycles. The number of ether oxygens (including phenoxy) is 1. The topological polar surface area (TPSA) is 41.5 Å². The predicted octanol–water partition coefficient (Wildman–Crippen LogP) is 3.35. The Bertz CT molecular complexity index is 525. The maximum absolute atomic E-state index is 9.92. The van der Waals surface area contributed by atoms with Crippen molar-refractivity contribution in [1.29, 1.82) is 0 Å². The van der Waals surface area contributed by atoms with Crippen LogP contribution in [0.5, 0.6) is 0 Å². The molecule has 0 aliphatic heterocycles. The zero-order chi connectivity index (χ0) is 14.4. The molecule has 2 rings (SSSR count). The van der Waals surface area contributed by atoms with E-state index in [2.05, 4.69) is 25.2 Å². The van der Waals surface area contributed by atoms with E-state index in [1.807, 2.05) is 29.6 Å². The lowest BCUT2D eigenvalue weighted by Crippen LogP contribution is -2.25. The molecule has 1 atom stereocenters. The van der Waals surface area contributed by atoms with Gasteiger partial charge in [-0.3, -0.25) is 0 Å². The largest absolute Gasteiger partial charge is 0.389 e. The number of hydrogen-bond acceptors (Lipinski definition) is 4. The van der Waals surface area contributed by atoms with Gasteiger partial charge in [-0.15, -0.1) is 11.3 Å². The van der Waals surface area contributed by atoms with Crippen LogP contribution >= 0.6 is 11.3 Å². The van der Waals surface area contributed by atoms with Crippen LogP contribution in [0.4, 0.5) is 5.69 Å². The molecule has 0 fully saturated rings. The molecule has 0 saturated carbocycles. The summed E-state index contributed by atoms with van der Waals surface area (Å²) >= 11 is 1.67. The molecule has 1 unspecified atom stereocenters. The minimum Gasteiger partial charge on any atom is -0.389 e. The first-order chi connectivity index (χ1) is 9.66. The maximum Gasteiger partial charge on any atom is 0.0945 e. The zero-order valence-corrected chi connectivity index (χ0v) is 12.7. The van der Waals surface area contributed by atoms with Crippen LogP contribution in [0.2, 0.25) is 0 Å². The Morgan fingerprint density at radius 3 is 2.85 bits per heavy atom. The van der Waals surface area contributed by atoms with Crippen molar-refractivity contribution in [1.82, 2.24) is 0 Å². The molecule has 20 heavy (non-hydrogen) atoms. The Morgan fingerprint density at radius 1 is 1.25 bits per heavy atom. The quantitative estimate of drug-likeness (QED) is 0.822. The molecule has 0 aliphatic carbocycles. The highest BCUT2D eigenvalue weighted by Crippen LogP contribution is 2.17. The van der Waals surface area contributed by atoms with E-state index in [1.54, 1.807) is 11.3 Å². The van der Waals surface area contributed by atoms with Crippen molar-refractivity contribution in [3.63, 3.8) is 0 Å². The lowest BCUT2D eigenvalue weighted by Gasteiger charge is -2.15. The van der Waals surface area contributed by atoms with Gasteiger partial charge in [-0.2, -0.15) is 0 Å². The van der Waals surface area contributed by atoms with Crippen molar-refractivity contribution in [3.05, 3.63) is 51.7 Å². The molecule has 0 amide bonds. The van der Waals surface area contributed by atoms with Gasteiger partial charge in [-0.05, 0) is 42.5 Å². The summed E-state index contributed by atoms with van der Waals surface area (Å²) in [5.41, 5.74) is 3.54. The third kappa shape index (κ3) is 4.34. The van der Waals surface area contributed by atoms with E-state index in [-0.39, 0.29) is 0 Å². The lowest BCUT2D eigenvalue weighted by atomic mass is 10.1. The lowest BCUT2D eigenvalue weighted by molar-refractivity contribution is 0.0359. The van der Waals surface area contributed by atoms with Crippen LogP contribution in [-0.4, -0.2) is 24.4 Å². The summed E-state index contributed by atoms with van der Waals surface area (Å²) in [5, 5.41) is 15.2. The summed E-state index contributed by atoms with van der Waals surface area (Å²) in [4.78, 5) is 1.18. The first-order valence-electron chi connectivity index (χ1n) is 6.75. The van der Waals surface area contributed by atoms with Gasteiger partial charge in [0.15, 0.2) is 0 Å². The Hall–Kier alpha value is -1.36. The van der Waals surface area contributed by atoms with Crippen LogP contribution in [0.3, 0.4) is 0 Å². The Labute approximate surface area is 124 Å². The van der Waals surface area contributed by atoms with Gasteiger partial charge in [0, 0.05) is 17.1 Å². The van der Waals surface area contributed by atoms with Gasteiger partial charge in [0.05, 0.1) is 19.3 Å². The molecular weight excluding hydrogens is 270 g/mol.